The fourth-order valence-corrected chi connectivity index (χ4v) is 1.43. The molecule has 0 aromatic carbocycles. The molecule has 0 fully saturated rings. The van der Waals surface area contributed by atoms with Crippen molar-refractivity contribution in [3.05, 3.63) is 40.3 Å². The summed E-state index contributed by atoms with van der Waals surface area (Å²) in [6, 6.07) is 3.49. The van der Waals surface area contributed by atoms with E-state index >= 15 is 0 Å². The van der Waals surface area contributed by atoms with Gasteiger partial charge in [-0.05, 0) is 24.6 Å². The minimum absolute atomic E-state index is 0.382. The first-order chi connectivity index (χ1) is 6.72. The monoisotopic (exact) mass is 203 g/mol. The third-order valence-corrected chi connectivity index (χ3v) is 2.24. The number of fused-ring (bicyclic) bond motifs is 1. The molecule has 68 valence electrons. The highest BCUT2D eigenvalue weighted by atomic mass is 35.5. The van der Waals surface area contributed by atoms with E-state index in [0.29, 0.717) is 16.4 Å². The third-order valence-electron chi connectivity index (χ3n) is 1.93. The van der Waals surface area contributed by atoms with Crippen molar-refractivity contribution in [3.63, 3.8) is 0 Å². The van der Waals surface area contributed by atoms with E-state index < -0.39 is 0 Å². The van der Waals surface area contributed by atoms with Gasteiger partial charge in [-0.15, -0.1) is 4.98 Å². The van der Waals surface area contributed by atoms with Crippen LogP contribution in [0, 0.1) is 13.5 Å². The molecule has 2 aromatic heterocycles. The van der Waals surface area contributed by atoms with Crippen molar-refractivity contribution in [2.45, 2.75) is 6.92 Å². The number of rotatable bonds is 0. The lowest BCUT2D eigenvalue weighted by Crippen LogP contribution is -1.86. The SMILES string of the molecule is [C-]#[N+]c1nc2c(Cl)ccnc2cc1C. The van der Waals surface area contributed by atoms with Crippen molar-refractivity contribution in [1.29, 1.82) is 0 Å². The molecule has 0 radical (unpaired) electrons. The van der Waals surface area contributed by atoms with Crippen LogP contribution < -0.4 is 0 Å². The molecule has 0 spiro atoms. The molecule has 2 heterocycles. The summed E-state index contributed by atoms with van der Waals surface area (Å²) >= 11 is 5.93. The maximum atomic E-state index is 6.93. The number of pyridine rings is 2. The van der Waals surface area contributed by atoms with Gasteiger partial charge in [0.2, 0.25) is 0 Å². The van der Waals surface area contributed by atoms with Gasteiger partial charge in [0.1, 0.15) is 5.52 Å². The first kappa shape index (κ1) is 8.92. The standard InChI is InChI=1S/C10H6ClN3/c1-6-5-8-9(14-10(6)12-2)7(11)3-4-13-8/h3-5H,1H3. The second-order valence-electron chi connectivity index (χ2n) is 2.90. The van der Waals surface area contributed by atoms with Gasteiger partial charge < -0.3 is 4.85 Å². The Morgan fingerprint density at radius 3 is 3.00 bits per heavy atom. The van der Waals surface area contributed by atoms with E-state index in [0.717, 1.165) is 11.1 Å². The predicted octanol–water partition coefficient (Wildman–Crippen LogP) is 3.14. The maximum Gasteiger partial charge on any atom is 0.273 e. The largest absolute Gasteiger partial charge is 0.360 e. The van der Waals surface area contributed by atoms with Gasteiger partial charge in [-0.3, -0.25) is 4.98 Å². The van der Waals surface area contributed by atoms with Gasteiger partial charge in [0.15, 0.2) is 5.52 Å². The highest BCUT2D eigenvalue weighted by Gasteiger charge is 2.08. The molecule has 0 aliphatic heterocycles. The highest BCUT2D eigenvalue weighted by molar-refractivity contribution is 6.34. The third kappa shape index (κ3) is 1.30. The summed E-state index contributed by atoms with van der Waals surface area (Å²) in [4.78, 5) is 11.6. The summed E-state index contributed by atoms with van der Waals surface area (Å²) in [5, 5.41) is 0.528. The molecule has 0 bridgehead atoms. The molecule has 0 saturated carbocycles. The topological polar surface area (TPSA) is 30.1 Å². The molecule has 3 nitrogen and oxygen atoms in total. The van der Waals surface area contributed by atoms with Gasteiger partial charge in [-0.1, -0.05) is 18.2 Å². The molecule has 0 amide bonds. The fourth-order valence-electron chi connectivity index (χ4n) is 1.24. The average molecular weight is 204 g/mol. The van der Waals surface area contributed by atoms with Gasteiger partial charge in [0.05, 0.1) is 5.02 Å². The zero-order valence-corrected chi connectivity index (χ0v) is 8.21. The number of hydrogen-bond donors (Lipinski definition) is 0. The van der Waals surface area contributed by atoms with Crippen LogP contribution in [0.3, 0.4) is 0 Å². The molecular formula is C10H6ClN3. The van der Waals surface area contributed by atoms with Crippen LogP contribution in [0.1, 0.15) is 5.56 Å². The number of aryl methyl sites for hydroxylation is 1. The lowest BCUT2D eigenvalue weighted by Gasteiger charge is -1.99. The van der Waals surface area contributed by atoms with Crippen LogP contribution in [0.4, 0.5) is 5.82 Å². The van der Waals surface area contributed by atoms with Crippen LogP contribution in [0.2, 0.25) is 5.02 Å². The minimum Gasteiger partial charge on any atom is -0.360 e. The van der Waals surface area contributed by atoms with E-state index in [1.165, 1.54) is 0 Å². The second kappa shape index (κ2) is 3.24. The van der Waals surface area contributed by atoms with Gasteiger partial charge >= 0.3 is 0 Å². The van der Waals surface area contributed by atoms with Gasteiger partial charge in [-0.25, -0.2) is 0 Å². The molecule has 14 heavy (non-hydrogen) atoms. The Morgan fingerprint density at radius 2 is 2.29 bits per heavy atom. The normalized spacial score (nSPS) is 10.1. The van der Waals surface area contributed by atoms with E-state index in [-0.39, 0.29) is 0 Å². The summed E-state index contributed by atoms with van der Waals surface area (Å²) < 4.78 is 0. The van der Waals surface area contributed by atoms with Crippen molar-refractivity contribution in [3.8, 4) is 0 Å². The molecule has 0 aliphatic rings. The summed E-state index contributed by atoms with van der Waals surface area (Å²) in [6.45, 7) is 8.76. The van der Waals surface area contributed by atoms with E-state index in [4.69, 9.17) is 18.2 Å². The summed E-state index contributed by atoms with van der Waals surface area (Å²) in [6.07, 6.45) is 1.63. The van der Waals surface area contributed by atoms with Crippen molar-refractivity contribution >= 4 is 28.5 Å². The molecule has 0 unspecified atom stereocenters. The number of nitrogens with zero attached hydrogens (tertiary/aromatic N) is 3. The lowest BCUT2D eigenvalue weighted by atomic mass is 10.2. The Balaban J connectivity index is 2.89. The van der Waals surface area contributed by atoms with Crippen LogP contribution in [0.25, 0.3) is 15.9 Å². The lowest BCUT2D eigenvalue weighted by molar-refractivity contribution is 1.31. The number of hydrogen-bond acceptors (Lipinski definition) is 2. The van der Waals surface area contributed by atoms with Gasteiger partial charge in [0, 0.05) is 6.20 Å². The molecular weight excluding hydrogens is 198 g/mol. The van der Waals surface area contributed by atoms with Crippen molar-refractivity contribution in [2.24, 2.45) is 0 Å². The van der Waals surface area contributed by atoms with Crippen molar-refractivity contribution < 1.29 is 0 Å². The number of halogens is 1. The average Bonchev–Trinajstić information content (AvgIpc) is 2.17. The fraction of sp³-hybridized carbons (Fsp3) is 0.100. The van der Waals surface area contributed by atoms with E-state index in [9.17, 15) is 0 Å². The molecule has 0 N–H and O–H groups in total. The maximum absolute atomic E-state index is 6.93. The molecule has 2 aromatic rings. The zero-order valence-electron chi connectivity index (χ0n) is 7.45. The first-order valence-corrected chi connectivity index (χ1v) is 4.39. The Bertz CT molecular complexity index is 543. The zero-order chi connectivity index (χ0) is 10.1. The Morgan fingerprint density at radius 1 is 1.50 bits per heavy atom. The van der Waals surface area contributed by atoms with Crippen molar-refractivity contribution in [2.75, 3.05) is 0 Å². The smallest absolute Gasteiger partial charge is 0.273 e. The molecule has 0 atom stereocenters. The van der Waals surface area contributed by atoms with Crippen LogP contribution in [0.15, 0.2) is 18.3 Å². The van der Waals surface area contributed by atoms with Crippen molar-refractivity contribution in [1.82, 2.24) is 9.97 Å². The van der Waals surface area contributed by atoms with Crippen LogP contribution in [0.5, 0.6) is 0 Å². The number of aromatic nitrogens is 2. The van der Waals surface area contributed by atoms with Crippen LogP contribution in [-0.2, 0) is 0 Å². The summed E-state index contributed by atoms with van der Waals surface area (Å²) in [5.41, 5.74) is 2.13. The van der Waals surface area contributed by atoms with E-state index in [1.54, 1.807) is 12.3 Å². The van der Waals surface area contributed by atoms with Crippen LogP contribution in [-0.4, -0.2) is 9.97 Å². The van der Waals surface area contributed by atoms with Crippen LogP contribution >= 0.6 is 11.6 Å². The molecule has 2 rings (SSSR count). The molecule has 0 saturated heterocycles. The quantitative estimate of drug-likeness (QED) is 0.616. The van der Waals surface area contributed by atoms with E-state index in [1.807, 2.05) is 13.0 Å². The van der Waals surface area contributed by atoms with Gasteiger partial charge in [-0.2, -0.15) is 0 Å². The van der Waals surface area contributed by atoms with E-state index in [2.05, 4.69) is 14.8 Å². The summed E-state index contributed by atoms with van der Waals surface area (Å²) in [7, 11) is 0. The first-order valence-electron chi connectivity index (χ1n) is 4.01. The summed E-state index contributed by atoms with van der Waals surface area (Å²) in [5.74, 6) is 0.382. The molecule has 0 aliphatic carbocycles. The highest BCUT2D eigenvalue weighted by Crippen LogP contribution is 2.25. The Labute approximate surface area is 86.2 Å². The second-order valence-corrected chi connectivity index (χ2v) is 3.31. The molecule has 4 heteroatoms. The predicted molar refractivity (Wildman–Crippen MR) is 55.5 cm³/mol. The Kier molecular flexibility index (Phi) is 2.06. The van der Waals surface area contributed by atoms with Gasteiger partial charge in [0.25, 0.3) is 5.82 Å². The Hall–Kier alpha value is -1.66. The minimum atomic E-state index is 0.382.